The molecule has 0 aromatic carbocycles. The van der Waals surface area contributed by atoms with E-state index in [0.717, 1.165) is 12.2 Å². The van der Waals surface area contributed by atoms with Crippen molar-refractivity contribution in [1.29, 1.82) is 0 Å². The summed E-state index contributed by atoms with van der Waals surface area (Å²) >= 11 is 4.06. The van der Waals surface area contributed by atoms with Crippen LogP contribution < -0.4 is 0 Å². The fourth-order valence-corrected chi connectivity index (χ4v) is 0.505. The Kier molecular flexibility index (Phi) is 4.87. The van der Waals surface area contributed by atoms with Crippen LogP contribution in [0.4, 0.5) is 0 Å². The zero-order chi connectivity index (χ0) is 6.41. The number of thiol groups is 1. The molecular weight excluding hydrogens is 116 g/mol. The van der Waals surface area contributed by atoms with Gasteiger partial charge in [0.15, 0.2) is 0 Å². The highest BCUT2D eigenvalue weighted by atomic mass is 32.1. The van der Waals surface area contributed by atoms with E-state index in [-0.39, 0.29) is 0 Å². The molecule has 1 heteroatoms. The van der Waals surface area contributed by atoms with Gasteiger partial charge in [-0.3, -0.25) is 0 Å². The van der Waals surface area contributed by atoms with E-state index in [1.165, 1.54) is 5.57 Å². The highest BCUT2D eigenvalue weighted by Gasteiger charge is 1.76. The summed E-state index contributed by atoms with van der Waals surface area (Å²) in [7, 11) is 0. The summed E-state index contributed by atoms with van der Waals surface area (Å²) in [5, 5.41) is 0. The molecule has 46 valence electrons. The lowest BCUT2D eigenvalue weighted by Crippen LogP contribution is -1.69. The van der Waals surface area contributed by atoms with Crippen molar-refractivity contribution in [2.75, 3.05) is 5.75 Å². The quantitative estimate of drug-likeness (QED) is 0.438. The lowest BCUT2D eigenvalue weighted by Gasteiger charge is -1.86. The number of hydrogen-bond acceptors (Lipinski definition) is 1. The van der Waals surface area contributed by atoms with Crippen LogP contribution >= 0.6 is 12.6 Å². The van der Waals surface area contributed by atoms with Gasteiger partial charge in [0.2, 0.25) is 0 Å². The van der Waals surface area contributed by atoms with Gasteiger partial charge in [0.05, 0.1) is 0 Å². The predicted octanol–water partition coefficient (Wildman–Crippen LogP) is 2.44. The van der Waals surface area contributed by atoms with Crippen molar-refractivity contribution < 1.29 is 0 Å². The Bertz CT molecular complexity index is 92.6. The van der Waals surface area contributed by atoms with Gasteiger partial charge in [0, 0.05) is 0 Å². The minimum atomic E-state index is 0.922. The average Bonchev–Trinajstić information content (AvgIpc) is 1.83. The third kappa shape index (κ3) is 4.00. The van der Waals surface area contributed by atoms with Gasteiger partial charge in [-0.2, -0.15) is 12.6 Å². The molecule has 0 bridgehead atoms. The average molecular weight is 128 g/mol. The maximum absolute atomic E-state index is 4.06. The number of allylic oxidation sites excluding steroid dienone is 3. The van der Waals surface area contributed by atoms with E-state index < -0.39 is 0 Å². The minimum Gasteiger partial charge on any atom is -0.179 e. The number of hydrogen-bond donors (Lipinski definition) is 1. The second kappa shape index (κ2) is 4.98. The Labute approximate surface area is 56.7 Å². The Hall–Kier alpha value is -0.170. The van der Waals surface area contributed by atoms with Crippen LogP contribution in [0, 0.1) is 0 Å². The van der Waals surface area contributed by atoms with Crippen molar-refractivity contribution in [3.05, 3.63) is 24.3 Å². The first-order chi connectivity index (χ1) is 3.81. The van der Waals surface area contributed by atoms with Crippen molar-refractivity contribution >= 4 is 12.6 Å². The molecule has 0 saturated heterocycles. The van der Waals surface area contributed by atoms with Gasteiger partial charge in [-0.1, -0.05) is 24.3 Å². The molecule has 0 heterocycles. The molecule has 0 fully saturated rings. The zero-order valence-corrected chi connectivity index (χ0v) is 6.12. The van der Waals surface area contributed by atoms with E-state index >= 15 is 0 Å². The van der Waals surface area contributed by atoms with Gasteiger partial charge in [-0.15, -0.1) is 0 Å². The molecule has 0 amide bonds. The summed E-state index contributed by atoms with van der Waals surface area (Å²) in [6.07, 6.45) is 5.02. The molecule has 0 N–H and O–H groups in total. The first-order valence-corrected chi connectivity index (χ1v) is 3.34. The van der Waals surface area contributed by atoms with Crippen LogP contribution in [0.2, 0.25) is 0 Å². The summed E-state index contributed by atoms with van der Waals surface area (Å²) in [5.74, 6) is 0.922. The van der Waals surface area contributed by atoms with E-state index in [4.69, 9.17) is 0 Å². The van der Waals surface area contributed by atoms with Crippen molar-refractivity contribution in [1.82, 2.24) is 0 Å². The van der Waals surface area contributed by atoms with Gasteiger partial charge in [-0.25, -0.2) is 0 Å². The molecule has 0 rings (SSSR count). The largest absolute Gasteiger partial charge is 0.179 e. The first kappa shape index (κ1) is 7.83. The van der Waals surface area contributed by atoms with Crippen LogP contribution in [0.25, 0.3) is 0 Å². The SMILES string of the molecule is C=C/C(C)=C/CCS. The molecule has 0 aliphatic heterocycles. The molecule has 0 saturated carbocycles. The topological polar surface area (TPSA) is 0 Å². The Balaban J connectivity index is 3.40. The lowest BCUT2D eigenvalue weighted by atomic mass is 10.2. The molecule has 8 heavy (non-hydrogen) atoms. The fraction of sp³-hybridized carbons (Fsp3) is 0.429. The van der Waals surface area contributed by atoms with Gasteiger partial charge in [-0.05, 0) is 19.1 Å². The smallest absolute Gasteiger partial charge is 0.00631 e. The zero-order valence-electron chi connectivity index (χ0n) is 5.22. The van der Waals surface area contributed by atoms with Crippen LogP contribution in [0.5, 0.6) is 0 Å². The minimum absolute atomic E-state index is 0.922. The molecule has 0 aliphatic carbocycles. The van der Waals surface area contributed by atoms with Gasteiger partial charge in [0.25, 0.3) is 0 Å². The van der Waals surface area contributed by atoms with E-state index in [9.17, 15) is 0 Å². The second-order valence-electron chi connectivity index (χ2n) is 1.66. The van der Waals surface area contributed by atoms with Crippen LogP contribution in [-0.2, 0) is 0 Å². The second-order valence-corrected chi connectivity index (χ2v) is 2.11. The third-order valence-electron chi connectivity index (χ3n) is 0.917. The summed E-state index contributed by atoms with van der Waals surface area (Å²) in [4.78, 5) is 0. The third-order valence-corrected chi connectivity index (χ3v) is 1.18. The van der Waals surface area contributed by atoms with Crippen molar-refractivity contribution in [2.45, 2.75) is 13.3 Å². The highest BCUT2D eigenvalue weighted by molar-refractivity contribution is 7.80. The van der Waals surface area contributed by atoms with Crippen LogP contribution in [0.1, 0.15) is 13.3 Å². The normalized spacial score (nSPS) is 11.5. The number of rotatable bonds is 3. The van der Waals surface area contributed by atoms with Crippen molar-refractivity contribution in [3.63, 3.8) is 0 Å². The van der Waals surface area contributed by atoms with Crippen LogP contribution in [-0.4, -0.2) is 5.75 Å². The first-order valence-electron chi connectivity index (χ1n) is 2.71. The lowest BCUT2D eigenvalue weighted by molar-refractivity contribution is 1.22. The predicted molar refractivity (Wildman–Crippen MR) is 42.4 cm³/mol. The fourth-order valence-electron chi connectivity index (χ4n) is 0.376. The Morgan fingerprint density at radius 1 is 1.75 bits per heavy atom. The van der Waals surface area contributed by atoms with E-state index in [1.807, 2.05) is 13.0 Å². The monoisotopic (exact) mass is 128 g/mol. The maximum Gasteiger partial charge on any atom is -0.00631 e. The van der Waals surface area contributed by atoms with Crippen molar-refractivity contribution in [2.24, 2.45) is 0 Å². The molecule has 0 aromatic rings. The molecule has 0 atom stereocenters. The maximum atomic E-state index is 4.06. The molecule has 0 radical (unpaired) electrons. The summed E-state index contributed by atoms with van der Waals surface area (Å²) in [6.45, 7) is 5.66. The van der Waals surface area contributed by atoms with Crippen molar-refractivity contribution in [3.8, 4) is 0 Å². The van der Waals surface area contributed by atoms with Gasteiger partial charge in [0.1, 0.15) is 0 Å². The standard InChI is InChI=1S/C7H12S/c1-3-7(2)5-4-6-8/h3,5,8H,1,4,6H2,2H3/b7-5+. The summed E-state index contributed by atoms with van der Waals surface area (Å²) in [6, 6.07) is 0. The molecule has 0 nitrogen and oxygen atoms in total. The van der Waals surface area contributed by atoms with Crippen LogP contribution in [0.15, 0.2) is 24.3 Å². The highest BCUT2D eigenvalue weighted by Crippen LogP contribution is 1.95. The van der Waals surface area contributed by atoms with Gasteiger partial charge < -0.3 is 0 Å². The molecular formula is C7H12S. The molecule has 0 aliphatic rings. The Morgan fingerprint density at radius 2 is 2.38 bits per heavy atom. The van der Waals surface area contributed by atoms with E-state index in [0.29, 0.717) is 0 Å². The van der Waals surface area contributed by atoms with E-state index in [1.54, 1.807) is 0 Å². The Morgan fingerprint density at radius 3 is 2.75 bits per heavy atom. The van der Waals surface area contributed by atoms with Crippen LogP contribution in [0.3, 0.4) is 0 Å². The molecule has 0 spiro atoms. The van der Waals surface area contributed by atoms with E-state index in [2.05, 4.69) is 25.3 Å². The molecule has 0 unspecified atom stereocenters. The molecule has 0 aromatic heterocycles. The summed E-state index contributed by atoms with van der Waals surface area (Å²) < 4.78 is 0. The van der Waals surface area contributed by atoms with Gasteiger partial charge >= 0.3 is 0 Å². The summed E-state index contributed by atoms with van der Waals surface area (Å²) in [5.41, 5.74) is 1.24.